The molecule has 21 heavy (non-hydrogen) atoms. The van der Waals surface area contributed by atoms with Crippen LogP contribution in [0.5, 0.6) is 0 Å². The molecule has 1 N–H and O–H groups in total. The first-order chi connectivity index (χ1) is 9.76. The van der Waals surface area contributed by atoms with Crippen molar-refractivity contribution in [2.24, 2.45) is 0 Å². The maximum atomic E-state index is 13.3. The molecule has 6 heteroatoms. The van der Waals surface area contributed by atoms with E-state index in [9.17, 15) is 13.6 Å². The van der Waals surface area contributed by atoms with Gasteiger partial charge in [0.25, 0.3) is 0 Å². The third-order valence-corrected chi connectivity index (χ3v) is 3.17. The minimum absolute atomic E-state index is 0.235. The molecule has 1 saturated heterocycles. The SMILES string of the molecule is CC(C)(C)OC(=O)N1CCN[C@@H](c2ccc(F)c(F)c2)C1. The summed E-state index contributed by atoms with van der Waals surface area (Å²) in [6.07, 6.45) is -0.392. The Hall–Kier alpha value is -1.69. The van der Waals surface area contributed by atoms with E-state index in [2.05, 4.69) is 5.32 Å². The maximum Gasteiger partial charge on any atom is 0.410 e. The summed E-state index contributed by atoms with van der Waals surface area (Å²) in [4.78, 5) is 13.6. The van der Waals surface area contributed by atoms with E-state index >= 15 is 0 Å². The second kappa shape index (κ2) is 5.97. The van der Waals surface area contributed by atoms with Gasteiger partial charge in [-0.25, -0.2) is 13.6 Å². The molecule has 1 aromatic rings. The first-order valence-corrected chi connectivity index (χ1v) is 6.92. The van der Waals surface area contributed by atoms with Gasteiger partial charge in [0.15, 0.2) is 11.6 Å². The van der Waals surface area contributed by atoms with Gasteiger partial charge in [0.2, 0.25) is 0 Å². The zero-order valence-corrected chi connectivity index (χ0v) is 12.5. The van der Waals surface area contributed by atoms with Gasteiger partial charge in [0.1, 0.15) is 5.60 Å². The Morgan fingerprint density at radius 1 is 1.33 bits per heavy atom. The Labute approximate surface area is 123 Å². The average molecular weight is 298 g/mol. The normalized spacial score (nSPS) is 19.5. The molecule has 0 bridgehead atoms. The van der Waals surface area contributed by atoms with Crippen LogP contribution in [0.15, 0.2) is 18.2 Å². The molecule has 116 valence electrons. The Bertz CT molecular complexity index is 529. The number of halogens is 2. The summed E-state index contributed by atoms with van der Waals surface area (Å²) >= 11 is 0. The Morgan fingerprint density at radius 3 is 2.67 bits per heavy atom. The predicted molar refractivity (Wildman–Crippen MR) is 74.9 cm³/mol. The number of nitrogens with zero attached hydrogens (tertiary/aromatic N) is 1. The molecular weight excluding hydrogens is 278 g/mol. The lowest BCUT2D eigenvalue weighted by molar-refractivity contribution is 0.0195. The molecule has 1 amide bonds. The molecule has 2 rings (SSSR count). The van der Waals surface area contributed by atoms with Crippen molar-refractivity contribution in [3.05, 3.63) is 35.4 Å². The molecule has 0 spiro atoms. The topological polar surface area (TPSA) is 41.6 Å². The zero-order chi connectivity index (χ0) is 15.6. The molecule has 1 fully saturated rings. The van der Waals surface area contributed by atoms with Crippen molar-refractivity contribution in [3.63, 3.8) is 0 Å². The van der Waals surface area contributed by atoms with Crippen molar-refractivity contribution in [1.82, 2.24) is 10.2 Å². The average Bonchev–Trinajstić information content (AvgIpc) is 2.40. The minimum atomic E-state index is -0.885. The fourth-order valence-electron chi connectivity index (χ4n) is 2.19. The van der Waals surface area contributed by atoms with Crippen LogP contribution in [0.3, 0.4) is 0 Å². The van der Waals surface area contributed by atoms with Crippen LogP contribution in [0.1, 0.15) is 32.4 Å². The van der Waals surface area contributed by atoms with E-state index in [1.54, 1.807) is 25.7 Å². The first kappa shape index (κ1) is 15.7. The van der Waals surface area contributed by atoms with Crippen LogP contribution in [-0.4, -0.2) is 36.2 Å². The quantitative estimate of drug-likeness (QED) is 0.867. The van der Waals surface area contributed by atoms with Crippen LogP contribution >= 0.6 is 0 Å². The van der Waals surface area contributed by atoms with Crippen molar-refractivity contribution in [1.29, 1.82) is 0 Å². The molecule has 1 aromatic carbocycles. The number of hydrogen-bond acceptors (Lipinski definition) is 3. The van der Waals surface area contributed by atoms with Crippen LogP contribution in [-0.2, 0) is 4.74 Å². The highest BCUT2D eigenvalue weighted by atomic mass is 19.2. The predicted octanol–water partition coefficient (Wildman–Crippen LogP) is 2.85. The van der Waals surface area contributed by atoms with Gasteiger partial charge in [-0.3, -0.25) is 0 Å². The van der Waals surface area contributed by atoms with Gasteiger partial charge < -0.3 is 15.0 Å². The van der Waals surface area contributed by atoms with E-state index in [0.717, 1.165) is 12.1 Å². The lowest BCUT2D eigenvalue weighted by Crippen LogP contribution is -2.49. The number of benzene rings is 1. The standard InChI is InChI=1S/C15H20F2N2O2/c1-15(2,3)21-14(20)19-7-6-18-13(9-19)10-4-5-11(16)12(17)8-10/h4-5,8,13,18H,6-7,9H2,1-3H3/t13-/m1/s1. The number of ether oxygens (including phenoxy) is 1. The van der Waals surface area contributed by atoms with Crippen LogP contribution in [0.2, 0.25) is 0 Å². The summed E-state index contributed by atoms with van der Waals surface area (Å²) in [5.41, 5.74) is 0.0570. The summed E-state index contributed by atoms with van der Waals surface area (Å²) in [6, 6.07) is 3.54. The lowest BCUT2D eigenvalue weighted by atomic mass is 10.0. The molecule has 4 nitrogen and oxygen atoms in total. The van der Waals surface area contributed by atoms with Crippen molar-refractivity contribution >= 4 is 6.09 Å². The second-order valence-corrected chi connectivity index (χ2v) is 6.11. The summed E-state index contributed by atoms with van der Waals surface area (Å²) in [5.74, 6) is -1.76. The molecule has 0 radical (unpaired) electrons. The van der Waals surface area contributed by atoms with E-state index in [4.69, 9.17) is 4.74 Å². The van der Waals surface area contributed by atoms with E-state index in [0.29, 0.717) is 25.2 Å². The highest BCUT2D eigenvalue weighted by Gasteiger charge is 2.28. The maximum absolute atomic E-state index is 13.3. The van der Waals surface area contributed by atoms with Crippen molar-refractivity contribution in [2.75, 3.05) is 19.6 Å². The number of carbonyl (C=O) groups excluding carboxylic acids is 1. The van der Waals surface area contributed by atoms with Crippen LogP contribution in [0.4, 0.5) is 13.6 Å². The highest BCUT2D eigenvalue weighted by molar-refractivity contribution is 5.68. The molecule has 1 atom stereocenters. The number of rotatable bonds is 1. The van der Waals surface area contributed by atoms with Crippen LogP contribution < -0.4 is 5.32 Å². The van der Waals surface area contributed by atoms with E-state index in [1.807, 2.05) is 0 Å². The lowest BCUT2D eigenvalue weighted by Gasteiger charge is -2.35. The minimum Gasteiger partial charge on any atom is -0.444 e. The van der Waals surface area contributed by atoms with E-state index in [1.165, 1.54) is 6.07 Å². The van der Waals surface area contributed by atoms with E-state index in [-0.39, 0.29) is 6.04 Å². The van der Waals surface area contributed by atoms with E-state index < -0.39 is 23.3 Å². The molecule has 0 saturated carbocycles. The summed E-state index contributed by atoms with van der Waals surface area (Å²) in [5, 5.41) is 3.19. The van der Waals surface area contributed by atoms with Gasteiger partial charge in [-0.1, -0.05) is 6.07 Å². The number of amides is 1. The van der Waals surface area contributed by atoms with Gasteiger partial charge in [-0.2, -0.15) is 0 Å². The van der Waals surface area contributed by atoms with Gasteiger partial charge in [-0.05, 0) is 38.5 Å². The molecule has 1 aliphatic heterocycles. The summed E-state index contributed by atoms with van der Waals surface area (Å²) < 4.78 is 31.6. The third-order valence-electron chi connectivity index (χ3n) is 3.17. The third kappa shape index (κ3) is 4.14. The molecule has 0 aliphatic carbocycles. The Kier molecular flexibility index (Phi) is 4.46. The molecule has 0 unspecified atom stereocenters. The first-order valence-electron chi connectivity index (χ1n) is 6.92. The number of nitrogens with one attached hydrogen (secondary N) is 1. The summed E-state index contributed by atoms with van der Waals surface area (Å²) in [7, 11) is 0. The van der Waals surface area contributed by atoms with Gasteiger partial charge in [0.05, 0.1) is 6.04 Å². The monoisotopic (exact) mass is 298 g/mol. The van der Waals surface area contributed by atoms with Crippen LogP contribution in [0.25, 0.3) is 0 Å². The molecular formula is C15H20F2N2O2. The second-order valence-electron chi connectivity index (χ2n) is 6.11. The zero-order valence-electron chi connectivity index (χ0n) is 12.5. The fourth-order valence-corrected chi connectivity index (χ4v) is 2.19. The number of carbonyl (C=O) groups is 1. The van der Waals surface area contributed by atoms with Gasteiger partial charge >= 0.3 is 6.09 Å². The molecule has 0 aromatic heterocycles. The van der Waals surface area contributed by atoms with Crippen LogP contribution in [0, 0.1) is 11.6 Å². The Balaban J connectivity index is 2.06. The highest BCUT2D eigenvalue weighted by Crippen LogP contribution is 2.21. The number of piperazine rings is 1. The van der Waals surface area contributed by atoms with Crippen molar-refractivity contribution in [3.8, 4) is 0 Å². The summed E-state index contributed by atoms with van der Waals surface area (Å²) in [6.45, 7) is 6.87. The molecule has 1 heterocycles. The largest absolute Gasteiger partial charge is 0.444 e. The fraction of sp³-hybridized carbons (Fsp3) is 0.533. The van der Waals surface area contributed by atoms with Crippen molar-refractivity contribution in [2.45, 2.75) is 32.4 Å². The Morgan fingerprint density at radius 2 is 2.05 bits per heavy atom. The number of hydrogen-bond donors (Lipinski definition) is 1. The molecule has 1 aliphatic rings. The van der Waals surface area contributed by atoms with Gasteiger partial charge in [0, 0.05) is 19.6 Å². The van der Waals surface area contributed by atoms with Crippen molar-refractivity contribution < 1.29 is 18.3 Å². The smallest absolute Gasteiger partial charge is 0.410 e. The van der Waals surface area contributed by atoms with Gasteiger partial charge in [-0.15, -0.1) is 0 Å².